The first kappa shape index (κ1) is 30.5. The van der Waals surface area contributed by atoms with Gasteiger partial charge >= 0.3 is 5.97 Å². The Morgan fingerprint density at radius 2 is 1.03 bits per heavy atom. The summed E-state index contributed by atoms with van der Waals surface area (Å²) in [7, 11) is 0. The molecule has 0 saturated carbocycles. The second-order valence-corrected chi connectivity index (χ2v) is 6.13. The fourth-order valence-corrected chi connectivity index (χ4v) is 2.03. The first-order valence-electron chi connectivity index (χ1n) is 10.7. The van der Waals surface area contributed by atoms with Gasteiger partial charge in [0.05, 0.1) is 98.9 Å². The zero-order valence-electron chi connectivity index (χ0n) is 18.8. The average molecular weight is 467 g/mol. The van der Waals surface area contributed by atoms with Crippen LogP contribution in [0.1, 0.15) is 6.42 Å². The molecule has 0 rings (SSSR count). The summed E-state index contributed by atoms with van der Waals surface area (Å²) in [4.78, 5) is 12.9. The van der Waals surface area contributed by atoms with Gasteiger partial charge in [-0.3, -0.25) is 4.79 Å². The molecule has 0 amide bonds. The minimum absolute atomic E-state index is 0.00292. The monoisotopic (exact) mass is 466 g/mol. The van der Waals surface area contributed by atoms with Crippen molar-refractivity contribution in [3.63, 3.8) is 0 Å². The molecule has 0 fully saturated rings. The Kier molecular flexibility index (Phi) is 26.2. The molecular formula is C19H38N4O9. The van der Waals surface area contributed by atoms with Crippen molar-refractivity contribution < 1.29 is 43.1 Å². The first-order valence-corrected chi connectivity index (χ1v) is 10.7. The molecule has 0 saturated heterocycles. The number of hydrogen-bond acceptors (Lipinski definition) is 10. The standard InChI is InChI=1S/C19H38N4O9/c20-23-22-4-8-29-12-16-31-14-10-27-6-2-21-3-7-28-11-15-32-18-17-30-13-9-26-5-1-19(24)25/h21H,1-18H2,(H,24,25). The summed E-state index contributed by atoms with van der Waals surface area (Å²) in [5.41, 5.74) is 8.10. The first-order chi connectivity index (χ1) is 15.8. The van der Waals surface area contributed by atoms with Crippen LogP contribution >= 0.6 is 0 Å². The van der Waals surface area contributed by atoms with E-state index < -0.39 is 5.97 Å². The van der Waals surface area contributed by atoms with Crippen molar-refractivity contribution in [3.05, 3.63) is 10.4 Å². The van der Waals surface area contributed by atoms with Crippen LogP contribution in [0.5, 0.6) is 0 Å². The normalized spacial score (nSPS) is 10.9. The van der Waals surface area contributed by atoms with E-state index >= 15 is 0 Å². The summed E-state index contributed by atoms with van der Waals surface area (Å²) in [6.45, 7) is 8.31. The maximum atomic E-state index is 10.3. The van der Waals surface area contributed by atoms with Crippen molar-refractivity contribution in [3.8, 4) is 0 Å². The molecular weight excluding hydrogens is 428 g/mol. The van der Waals surface area contributed by atoms with Gasteiger partial charge in [-0.15, -0.1) is 0 Å². The lowest BCUT2D eigenvalue weighted by Gasteiger charge is -2.08. The van der Waals surface area contributed by atoms with Crippen LogP contribution in [-0.4, -0.2) is 123 Å². The highest BCUT2D eigenvalue weighted by atomic mass is 16.6. The lowest BCUT2D eigenvalue weighted by molar-refractivity contribution is -0.138. The number of rotatable bonds is 27. The molecule has 0 aliphatic rings. The van der Waals surface area contributed by atoms with E-state index in [2.05, 4.69) is 15.3 Å². The number of carboxylic acid groups (broad SMARTS) is 1. The Morgan fingerprint density at radius 1 is 0.656 bits per heavy atom. The molecule has 13 nitrogen and oxygen atoms in total. The highest BCUT2D eigenvalue weighted by Crippen LogP contribution is 1.86. The summed E-state index contributed by atoms with van der Waals surface area (Å²) < 4.78 is 37.2. The molecule has 2 N–H and O–H groups in total. The molecule has 0 aliphatic heterocycles. The number of nitrogens with zero attached hydrogens (tertiary/aromatic N) is 3. The van der Waals surface area contributed by atoms with Gasteiger partial charge in [-0.05, 0) is 5.53 Å². The lowest BCUT2D eigenvalue weighted by atomic mass is 10.5. The molecule has 0 aromatic carbocycles. The second kappa shape index (κ2) is 27.5. The smallest absolute Gasteiger partial charge is 0.305 e. The van der Waals surface area contributed by atoms with Crippen molar-refractivity contribution in [2.75, 3.05) is 112 Å². The minimum atomic E-state index is -0.871. The van der Waals surface area contributed by atoms with Crippen molar-refractivity contribution in [2.45, 2.75) is 6.42 Å². The summed E-state index contributed by atoms with van der Waals surface area (Å²) in [6, 6.07) is 0. The molecule has 13 heteroatoms. The van der Waals surface area contributed by atoms with Gasteiger partial charge in [0.1, 0.15) is 0 Å². The zero-order valence-corrected chi connectivity index (χ0v) is 18.8. The quantitative estimate of drug-likeness (QED) is 0.0753. The van der Waals surface area contributed by atoms with Crippen LogP contribution in [0, 0.1) is 0 Å². The van der Waals surface area contributed by atoms with E-state index in [0.29, 0.717) is 92.4 Å². The molecule has 0 aromatic rings. The Hall–Kier alpha value is -1.54. The van der Waals surface area contributed by atoms with Gasteiger partial charge in [-0.25, -0.2) is 0 Å². The fraction of sp³-hybridized carbons (Fsp3) is 0.947. The van der Waals surface area contributed by atoms with Gasteiger partial charge in [-0.1, -0.05) is 5.11 Å². The molecule has 0 bridgehead atoms. The van der Waals surface area contributed by atoms with E-state index in [0.717, 1.165) is 13.1 Å². The van der Waals surface area contributed by atoms with Gasteiger partial charge in [-0.2, -0.15) is 0 Å². The maximum Gasteiger partial charge on any atom is 0.305 e. The van der Waals surface area contributed by atoms with Gasteiger partial charge < -0.3 is 43.6 Å². The molecule has 0 spiro atoms. The number of hydrogen-bond donors (Lipinski definition) is 2. The van der Waals surface area contributed by atoms with Crippen LogP contribution in [0.4, 0.5) is 0 Å². The Morgan fingerprint density at radius 3 is 1.44 bits per heavy atom. The largest absolute Gasteiger partial charge is 0.481 e. The maximum absolute atomic E-state index is 10.3. The highest BCUT2D eigenvalue weighted by Gasteiger charge is 1.97. The van der Waals surface area contributed by atoms with E-state index in [9.17, 15) is 4.79 Å². The summed E-state index contributed by atoms with van der Waals surface area (Å²) in [6.07, 6.45) is 0.00292. The SMILES string of the molecule is [N-]=[N+]=NCCOCCOCCOCCNCCOCCOCCOCCOCCC(=O)O. The molecule has 0 aliphatic carbocycles. The topological polar surface area (TPSA) is 163 Å². The van der Waals surface area contributed by atoms with Crippen LogP contribution in [0.3, 0.4) is 0 Å². The predicted octanol–water partition coefficient (Wildman–Crippen LogP) is 0.477. The lowest BCUT2D eigenvalue weighted by Crippen LogP contribution is -2.25. The van der Waals surface area contributed by atoms with Gasteiger partial charge in [0.25, 0.3) is 0 Å². The average Bonchev–Trinajstić information content (AvgIpc) is 2.78. The van der Waals surface area contributed by atoms with Gasteiger partial charge in [0.2, 0.25) is 0 Å². The van der Waals surface area contributed by atoms with Gasteiger partial charge in [0.15, 0.2) is 0 Å². The van der Waals surface area contributed by atoms with Crippen LogP contribution < -0.4 is 5.32 Å². The van der Waals surface area contributed by atoms with Crippen molar-refractivity contribution in [1.82, 2.24) is 5.32 Å². The molecule has 0 heterocycles. The van der Waals surface area contributed by atoms with Crippen LogP contribution in [-0.2, 0) is 38.0 Å². The zero-order chi connectivity index (χ0) is 23.4. The summed E-state index contributed by atoms with van der Waals surface area (Å²) >= 11 is 0. The third kappa shape index (κ3) is 28.5. The molecule has 32 heavy (non-hydrogen) atoms. The number of ether oxygens (including phenoxy) is 7. The van der Waals surface area contributed by atoms with Crippen LogP contribution in [0.25, 0.3) is 10.4 Å². The van der Waals surface area contributed by atoms with Gasteiger partial charge in [0, 0.05) is 24.5 Å². The van der Waals surface area contributed by atoms with Crippen LogP contribution in [0.15, 0.2) is 5.11 Å². The Labute approximate surface area is 189 Å². The minimum Gasteiger partial charge on any atom is -0.481 e. The van der Waals surface area contributed by atoms with Crippen molar-refractivity contribution >= 4 is 5.97 Å². The highest BCUT2D eigenvalue weighted by molar-refractivity contribution is 5.66. The summed E-state index contributed by atoms with van der Waals surface area (Å²) in [5.74, 6) is -0.871. The molecule has 0 radical (unpaired) electrons. The molecule has 0 unspecified atom stereocenters. The third-order valence-electron chi connectivity index (χ3n) is 3.57. The number of aliphatic carboxylic acids is 1. The van der Waals surface area contributed by atoms with E-state index in [4.69, 9.17) is 43.8 Å². The molecule has 0 atom stereocenters. The fourth-order valence-electron chi connectivity index (χ4n) is 2.03. The third-order valence-corrected chi connectivity index (χ3v) is 3.57. The summed E-state index contributed by atoms with van der Waals surface area (Å²) in [5, 5.41) is 15.0. The van der Waals surface area contributed by atoms with E-state index in [1.165, 1.54) is 0 Å². The predicted molar refractivity (Wildman–Crippen MR) is 115 cm³/mol. The van der Waals surface area contributed by atoms with Crippen molar-refractivity contribution in [2.24, 2.45) is 5.11 Å². The van der Waals surface area contributed by atoms with E-state index in [-0.39, 0.29) is 13.0 Å². The molecule has 188 valence electrons. The number of azide groups is 1. The second-order valence-electron chi connectivity index (χ2n) is 6.13. The number of nitrogens with one attached hydrogen (secondary N) is 1. The van der Waals surface area contributed by atoms with E-state index in [1.54, 1.807) is 0 Å². The Balaban J connectivity index is 3.02. The van der Waals surface area contributed by atoms with Crippen molar-refractivity contribution in [1.29, 1.82) is 0 Å². The Bertz CT molecular complexity index is 429. The number of carboxylic acids is 1. The van der Waals surface area contributed by atoms with E-state index in [1.807, 2.05) is 0 Å². The molecule has 0 aromatic heterocycles. The van der Waals surface area contributed by atoms with Crippen LogP contribution in [0.2, 0.25) is 0 Å². The number of carbonyl (C=O) groups is 1.